The highest BCUT2D eigenvalue weighted by Gasteiger charge is 2.13. The van der Waals surface area contributed by atoms with Crippen molar-refractivity contribution in [2.24, 2.45) is 0 Å². The molecule has 3 rings (SSSR count). The summed E-state index contributed by atoms with van der Waals surface area (Å²) in [6.45, 7) is 0.888. The number of H-pyrrole nitrogens is 1. The van der Waals surface area contributed by atoms with Crippen molar-refractivity contribution in [1.29, 1.82) is 0 Å². The van der Waals surface area contributed by atoms with Crippen LogP contribution in [0.3, 0.4) is 0 Å². The van der Waals surface area contributed by atoms with E-state index in [2.05, 4.69) is 36.4 Å². The molecule has 1 heterocycles. The molecule has 2 N–H and O–H groups in total. The first-order chi connectivity index (χ1) is 12.6. The summed E-state index contributed by atoms with van der Waals surface area (Å²) < 4.78 is 12.2. The lowest BCUT2D eigenvalue weighted by molar-refractivity contribution is 0.282. The Hall–Kier alpha value is -1.96. The van der Waals surface area contributed by atoms with Crippen LogP contribution in [-0.2, 0) is 13.2 Å². The Kier molecular flexibility index (Phi) is 6.24. The molecule has 0 fully saturated rings. The Bertz CT molecular complexity index is 891. The van der Waals surface area contributed by atoms with Gasteiger partial charge in [-0.3, -0.25) is 0 Å². The van der Waals surface area contributed by atoms with Gasteiger partial charge in [0.1, 0.15) is 12.9 Å². The Balaban J connectivity index is 1.72. The van der Waals surface area contributed by atoms with E-state index in [0.717, 1.165) is 15.6 Å². The molecule has 0 saturated heterocycles. The Morgan fingerprint density at radius 1 is 1.15 bits per heavy atom. The van der Waals surface area contributed by atoms with Crippen LogP contribution in [0.5, 0.6) is 11.5 Å². The number of hydrogen-bond donors (Lipinski definition) is 2. The second-order valence-corrected chi connectivity index (χ2v) is 7.00. The molecular weight excluding hydrogens is 443 g/mol. The van der Waals surface area contributed by atoms with Gasteiger partial charge in [-0.1, -0.05) is 29.3 Å². The Morgan fingerprint density at radius 2 is 2.00 bits per heavy atom. The third kappa shape index (κ3) is 4.60. The number of rotatable bonds is 7. The van der Waals surface area contributed by atoms with Crippen LogP contribution >= 0.6 is 39.1 Å². The predicted octanol–water partition coefficient (Wildman–Crippen LogP) is 5.07. The third-order valence-corrected chi connectivity index (χ3v) is 4.86. The van der Waals surface area contributed by atoms with E-state index in [4.69, 9.17) is 32.7 Å². The number of anilines is 1. The van der Waals surface area contributed by atoms with Crippen molar-refractivity contribution in [1.82, 2.24) is 15.2 Å². The van der Waals surface area contributed by atoms with Crippen molar-refractivity contribution >= 4 is 45.1 Å². The van der Waals surface area contributed by atoms with E-state index in [0.29, 0.717) is 40.6 Å². The number of nitrogens with one attached hydrogen (secondary N) is 2. The normalized spacial score (nSPS) is 10.6. The van der Waals surface area contributed by atoms with E-state index in [1.165, 1.54) is 6.33 Å². The van der Waals surface area contributed by atoms with Gasteiger partial charge in [0.25, 0.3) is 0 Å². The van der Waals surface area contributed by atoms with Gasteiger partial charge in [0.2, 0.25) is 5.95 Å². The zero-order chi connectivity index (χ0) is 18.5. The first-order valence-corrected chi connectivity index (χ1v) is 9.14. The average molecular weight is 458 g/mol. The van der Waals surface area contributed by atoms with Gasteiger partial charge >= 0.3 is 0 Å². The summed E-state index contributed by atoms with van der Waals surface area (Å²) in [5.41, 5.74) is 1.90. The molecule has 0 aliphatic carbocycles. The van der Waals surface area contributed by atoms with E-state index < -0.39 is 0 Å². The topological polar surface area (TPSA) is 72.1 Å². The van der Waals surface area contributed by atoms with Crippen molar-refractivity contribution in [3.8, 4) is 11.5 Å². The van der Waals surface area contributed by atoms with Crippen molar-refractivity contribution < 1.29 is 9.47 Å². The molecule has 6 nitrogen and oxygen atoms in total. The maximum absolute atomic E-state index is 6.04. The minimum absolute atomic E-state index is 0.335. The van der Waals surface area contributed by atoms with Gasteiger partial charge in [0.15, 0.2) is 11.5 Å². The highest BCUT2D eigenvalue weighted by molar-refractivity contribution is 9.10. The molecule has 0 radical (unpaired) electrons. The lowest BCUT2D eigenvalue weighted by Gasteiger charge is -2.15. The molecule has 0 aliphatic rings. The van der Waals surface area contributed by atoms with Gasteiger partial charge in [-0.15, -0.1) is 0 Å². The standard InChI is InChI=1S/C17H15BrCl2N4O2/c1-25-15-6-11(7-21-17-22-9-23-24-17)4-12(18)16(15)26-8-10-2-3-13(19)14(20)5-10/h2-6,9H,7-8H2,1H3,(H2,21,22,23,24). The molecule has 0 saturated carbocycles. The molecule has 136 valence electrons. The molecule has 26 heavy (non-hydrogen) atoms. The zero-order valence-electron chi connectivity index (χ0n) is 13.7. The van der Waals surface area contributed by atoms with Crippen molar-refractivity contribution in [2.45, 2.75) is 13.2 Å². The number of benzene rings is 2. The van der Waals surface area contributed by atoms with Crippen LogP contribution < -0.4 is 14.8 Å². The molecule has 1 aromatic heterocycles. The molecule has 0 aliphatic heterocycles. The maximum Gasteiger partial charge on any atom is 0.218 e. The smallest absolute Gasteiger partial charge is 0.218 e. The van der Waals surface area contributed by atoms with Crippen LogP contribution in [-0.4, -0.2) is 22.3 Å². The Labute approximate surface area is 169 Å². The summed E-state index contributed by atoms with van der Waals surface area (Å²) in [5, 5.41) is 10.7. The first kappa shape index (κ1) is 18.8. The number of hydrogen-bond acceptors (Lipinski definition) is 5. The highest BCUT2D eigenvalue weighted by Crippen LogP contribution is 2.37. The SMILES string of the molecule is COc1cc(CNc2ncn[nH]2)cc(Br)c1OCc1ccc(Cl)c(Cl)c1. The molecule has 0 amide bonds. The van der Waals surface area contributed by atoms with Crippen LogP contribution in [0.15, 0.2) is 41.1 Å². The van der Waals surface area contributed by atoms with E-state index >= 15 is 0 Å². The summed E-state index contributed by atoms with van der Waals surface area (Å²) in [6.07, 6.45) is 1.44. The van der Waals surface area contributed by atoms with Gasteiger partial charge in [0, 0.05) is 6.54 Å². The van der Waals surface area contributed by atoms with Crippen molar-refractivity contribution in [3.63, 3.8) is 0 Å². The van der Waals surface area contributed by atoms with Crippen molar-refractivity contribution in [2.75, 3.05) is 12.4 Å². The molecule has 0 spiro atoms. The quantitative estimate of drug-likeness (QED) is 0.517. The highest BCUT2D eigenvalue weighted by atomic mass is 79.9. The summed E-state index contributed by atoms with van der Waals surface area (Å²) in [5.74, 6) is 1.83. The minimum Gasteiger partial charge on any atom is -0.493 e. The second-order valence-electron chi connectivity index (χ2n) is 5.33. The van der Waals surface area contributed by atoms with E-state index in [-0.39, 0.29) is 0 Å². The molecule has 0 bridgehead atoms. The third-order valence-electron chi connectivity index (χ3n) is 3.53. The summed E-state index contributed by atoms with van der Waals surface area (Å²) in [6, 6.07) is 9.24. The molecule has 9 heteroatoms. The van der Waals surface area contributed by atoms with Gasteiger partial charge in [-0.25, -0.2) is 10.1 Å². The number of methoxy groups -OCH3 is 1. The second kappa shape index (κ2) is 8.62. The van der Waals surface area contributed by atoms with Crippen LogP contribution in [0.1, 0.15) is 11.1 Å². The van der Waals surface area contributed by atoms with Gasteiger partial charge in [-0.2, -0.15) is 5.10 Å². The van der Waals surface area contributed by atoms with E-state index in [1.807, 2.05) is 18.2 Å². The lowest BCUT2D eigenvalue weighted by atomic mass is 10.2. The molecule has 3 aromatic rings. The fourth-order valence-corrected chi connectivity index (χ4v) is 3.20. The summed E-state index contributed by atoms with van der Waals surface area (Å²) >= 11 is 15.5. The maximum atomic E-state index is 6.04. The monoisotopic (exact) mass is 456 g/mol. The van der Waals surface area contributed by atoms with Gasteiger partial charge in [-0.05, 0) is 51.3 Å². The minimum atomic E-state index is 0.335. The fourth-order valence-electron chi connectivity index (χ4n) is 2.28. The first-order valence-electron chi connectivity index (χ1n) is 7.59. The zero-order valence-corrected chi connectivity index (χ0v) is 16.8. The average Bonchev–Trinajstić information content (AvgIpc) is 3.15. The van der Waals surface area contributed by atoms with Gasteiger partial charge < -0.3 is 14.8 Å². The Morgan fingerprint density at radius 3 is 2.69 bits per heavy atom. The predicted molar refractivity (Wildman–Crippen MR) is 105 cm³/mol. The lowest BCUT2D eigenvalue weighted by Crippen LogP contribution is -2.03. The molecule has 2 aromatic carbocycles. The number of aromatic amines is 1. The van der Waals surface area contributed by atoms with Crippen LogP contribution in [0.4, 0.5) is 5.95 Å². The van der Waals surface area contributed by atoms with E-state index in [9.17, 15) is 0 Å². The van der Waals surface area contributed by atoms with Crippen molar-refractivity contribution in [3.05, 3.63) is 62.3 Å². The largest absolute Gasteiger partial charge is 0.493 e. The number of aromatic nitrogens is 3. The van der Waals surface area contributed by atoms with Crippen LogP contribution in [0.2, 0.25) is 10.0 Å². The number of halogens is 3. The van der Waals surface area contributed by atoms with Crippen LogP contribution in [0, 0.1) is 0 Å². The number of nitrogens with zero attached hydrogens (tertiary/aromatic N) is 2. The molecule has 0 unspecified atom stereocenters. The fraction of sp³-hybridized carbons (Fsp3) is 0.176. The summed E-state index contributed by atoms with van der Waals surface area (Å²) in [4.78, 5) is 4.02. The van der Waals surface area contributed by atoms with E-state index in [1.54, 1.807) is 19.2 Å². The van der Waals surface area contributed by atoms with Crippen LogP contribution in [0.25, 0.3) is 0 Å². The molecular formula is C17H15BrCl2N4O2. The van der Waals surface area contributed by atoms with Gasteiger partial charge in [0.05, 0.1) is 21.6 Å². The number of ether oxygens (including phenoxy) is 2. The summed E-state index contributed by atoms with van der Waals surface area (Å²) in [7, 11) is 1.60. The molecule has 0 atom stereocenters.